The fourth-order valence-electron chi connectivity index (χ4n) is 2.60. The summed E-state index contributed by atoms with van der Waals surface area (Å²) < 4.78 is 47.4. The van der Waals surface area contributed by atoms with Crippen molar-refractivity contribution in [3.05, 3.63) is 75.3 Å². The van der Waals surface area contributed by atoms with Crippen molar-refractivity contribution in [1.82, 2.24) is 5.43 Å². The number of para-hydroxylation sites is 1. The van der Waals surface area contributed by atoms with Gasteiger partial charge in [-0.25, -0.2) is 23.0 Å². The highest BCUT2D eigenvalue weighted by Gasteiger charge is 2.20. The number of hydrogen-bond acceptors (Lipinski definition) is 7. The maximum Gasteiger partial charge on any atom is 0.344 e. The molecule has 0 spiro atoms. The number of carboxylic acids is 1. The molecule has 1 aromatic heterocycles. The number of halogens is 2. The van der Waals surface area contributed by atoms with Gasteiger partial charge in [0.15, 0.2) is 17.7 Å². The maximum absolute atomic E-state index is 14.2. The predicted molar refractivity (Wildman–Crippen MR) is 128 cm³/mol. The number of anilines is 1. The first-order valence-corrected chi connectivity index (χ1v) is 12.6. The summed E-state index contributed by atoms with van der Waals surface area (Å²) in [5.74, 6) is -3.19. The number of ether oxygens (including phenoxy) is 1. The fraction of sp³-hybridized carbons (Fsp3) is 0.0952. The number of hydrazone groups is 1. The summed E-state index contributed by atoms with van der Waals surface area (Å²) in [6.45, 7) is 1.24. The van der Waals surface area contributed by atoms with E-state index >= 15 is 0 Å². The average Bonchev–Trinajstić information content (AvgIpc) is 3.33. The number of hydrogen-bond donors (Lipinski definition) is 3. The summed E-state index contributed by atoms with van der Waals surface area (Å²) in [5.41, 5.74) is 2.32. The van der Waals surface area contributed by atoms with E-state index in [0.29, 0.717) is 4.47 Å². The molecule has 1 atom stereocenters. The molecule has 9 nitrogen and oxygen atoms in total. The van der Waals surface area contributed by atoms with Gasteiger partial charge in [-0.05, 0) is 48.7 Å². The van der Waals surface area contributed by atoms with Crippen molar-refractivity contribution in [3.8, 4) is 5.75 Å². The predicted octanol–water partition coefficient (Wildman–Crippen LogP) is 4.07. The van der Waals surface area contributed by atoms with Crippen molar-refractivity contribution in [2.45, 2.75) is 17.2 Å². The first-order valence-electron chi connectivity index (χ1n) is 9.45. The second-order valence-corrected chi connectivity index (χ2v) is 10.5. The standard InChI is InChI=1S/C21H17BrFN3O6S2/c1-12(21(28)29)32-19-13(4-2-5-16(19)23)11-24-25-20(27)15-10-14(22)7-8-17(15)26-34(30,31)18-6-3-9-33-18/h2-12,26H,1H3,(H,25,27)(H,28,29). The molecule has 0 aliphatic rings. The lowest BCUT2D eigenvalue weighted by molar-refractivity contribution is -0.144. The largest absolute Gasteiger partial charge is 0.479 e. The molecule has 2 aromatic carbocycles. The Bertz CT molecular complexity index is 1350. The number of amides is 1. The van der Waals surface area contributed by atoms with E-state index in [4.69, 9.17) is 9.84 Å². The summed E-state index contributed by atoms with van der Waals surface area (Å²) in [4.78, 5) is 23.8. The summed E-state index contributed by atoms with van der Waals surface area (Å²) in [5, 5.41) is 14.4. The lowest BCUT2D eigenvalue weighted by Gasteiger charge is -2.13. The quantitative estimate of drug-likeness (QED) is 0.262. The van der Waals surface area contributed by atoms with Crippen molar-refractivity contribution < 1.29 is 32.2 Å². The smallest absolute Gasteiger partial charge is 0.344 e. The van der Waals surface area contributed by atoms with Gasteiger partial charge >= 0.3 is 5.97 Å². The Hall–Kier alpha value is -3.29. The third-order valence-corrected chi connectivity index (χ3v) is 7.50. The van der Waals surface area contributed by atoms with Gasteiger partial charge in [0.1, 0.15) is 4.21 Å². The van der Waals surface area contributed by atoms with Gasteiger partial charge in [-0.1, -0.05) is 28.1 Å². The number of nitrogens with zero attached hydrogens (tertiary/aromatic N) is 1. The molecule has 0 aliphatic carbocycles. The Morgan fingerprint density at radius 1 is 1.24 bits per heavy atom. The molecule has 34 heavy (non-hydrogen) atoms. The molecule has 13 heteroatoms. The molecule has 0 saturated carbocycles. The first-order chi connectivity index (χ1) is 16.1. The molecule has 3 rings (SSSR count). The van der Waals surface area contributed by atoms with E-state index < -0.39 is 33.8 Å². The molecule has 3 aromatic rings. The Kier molecular flexibility index (Phi) is 8.02. The number of carboxylic acid groups (broad SMARTS) is 1. The molecule has 1 unspecified atom stereocenters. The van der Waals surface area contributed by atoms with E-state index in [-0.39, 0.29) is 26.8 Å². The number of rotatable bonds is 9. The third-order valence-electron chi connectivity index (χ3n) is 4.24. The molecule has 1 heterocycles. The zero-order chi connectivity index (χ0) is 24.9. The number of sulfonamides is 1. The van der Waals surface area contributed by atoms with Crippen molar-refractivity contribution in [2.24, 2.45) is 5.10 Å². The van der Waals surface area contributed by atoms with E-state index in [0.717, 1.165) is 23.6 Å². The molecule has 0 bridgehead atoms. The topological polar surface area (TPSA) is 134 Å². The molecular formula is C21H17BrFN3O6S2. The molecule has 0 saturated heterocycles. The Balaban J connectivity index is 1.82. The minimum absolute atomic E-state index is 0.0226. The number of carbonyl (C=O) groups excluding carboxylic acids is 1. The maximum atomic E-state index is 14.2. The van der Waals surface area contributed by atoms with Gasteiger partial charge in [0.2, 0.25) is 0 Å². The van der Waals surface area contributed by atoms with Crippen LogP contribution in [0.1, 0.15) is 22.8 Å². The summed E-state index contributed by atoms with van der Waals surface area (Å²) in [6, 6.07) is 11.3. The number of thiophene rings is 1. The lowest BCUT2D eigenvalue weighted by atomic mass is 10.2. The number of aliphatic carboxylic acids is 1. The van der Waals surface area contributed by atoms with E-state index in [1.165, 1.54) is 37.3 Å². The summed E-state index contributed by atoms with van der Waals surface area (Å²) in [6.07, 6.45) is -0.238. The molecule has 1 amide bonds. The van der Waals surface area contributed by atoms with Crippen LogP contribution in [0.4, 0.5) is 10.1 Å². The summed E-state index contributed by atoms with van der Waals surface area (Å²) in [7, 11) is -3.90. The van der Waals surface area contributed by atoms with Crippen LogP contribution < -0.4 is 14.9 Å². The zero-order valence-corrected chi connectivity index (χ0v) is 20.6. The second-order valence-electron chi connectivity index (χ2n) is 6.68. The van der Waals surface area contributed by atoms with Crippen LogP contribution in [0.5, 0.6) is 5.75 Å². The SMILES string of the molecule is CC(Oc1c(F)cccc1C=NNC(=O)c1cc(Br)ccc1NS(=O)(=O)c1cccs1)C(=O)O. The van der Waals surface area contributed by atoms with Crippen molar-refractivity contribution in [1.29, 1.82) is 0 Å². The van der Waals surface area contributed by atoms with E-state index in [2.05, 4.69) is 31.2 Å². The van der Waals surface area contributed by atoms with Crippen molar-refractivity contribution in [2.75, 3.05) is 4.72 Å². The average molecular weight is 570 g/mol. The fourth-order valence-corrected chi connectivity index (χ4v) is 5.04. The highest BCUT2D eigenvalue weighted by molar-refractivity contribution is 9.10. The third kappa shape index (κ3) is 6.18. The van der Waals surface area contributed by atoms with Gasteiger partial charge in [-0.2, -0.15) is 5.10 Å². The number of carbonyl (C=O) groups is 2. The molecule has 0 radical (unpaired) electrons. The number of benzene rings is 2. The molecule has 0 fully saturated rings. The van der Waals surface area contributed by atoms with Crippen LogP contribution in [-0.4, -0.2) is 37.7 Å². The van der Waals surface area contributed by atoms with Crippen LogP contribution in [0, 0.1) is 5.82 Å². The lowest BCUT2D eigenvalue weighted by Crippen LogP contribution is -2.24. The van der Waals surface area contributed by atoms with E-state index in [1.54, 1.807) is 17.5 Å². The Morgan fingerprint density at radius 3 is 2.68 bits per heavy atom. The van der Waals surface area contributed by atoms with Crippen LogP contribution >= 0.6 is 27.3 Å². The van der Waals surface area contributed by atoms with Gasteiger partial charge in [-0.3, -0.25) is 9.52 Å². The Morgan fingerprint density at radius 2 is 2.00 bits per heavy atom. The van der Waals surface area contributed by atoms with E-state index in [9.17, 15) is 22.4 Å². The minimum atomic E-state index is -3.90. The van der Waals surface area contributed by atoms with Gasteiger partial charge < -0.3 is 9.84 Å². The van der Waals surface area contributed by atoms with E-state index in [1.807, 2.05) is 0 Å². The highest BCUT2D eigenvalue weighted by atomic mass is 79.9. The Labute approximate surface area is 206 Å². The zero-order valence-electron chi connectivity index (χ0n) is 17.4. The molecular weight excluding hydrogens is 553 g/mol. The minimum Gasteiger partial charge on any atom is -0.479 e. The van der Waals surface area contributed by atoms with Crippen LogP contribution in [-0.2, 0) is 14.8 Å². The van der Waals surface area contributed by atoms with Gasteiger partial charge in [0, 0.05) is 10.0 Å². The van der Waals surface area contributed by atoms with Crippen molar-refractivity contribution in [3.63, 3.8) is 0 Å². The normalized spacial score (nSPS) is 12.3. The highest BCUT2D eigenvalue weighted by Crippen LogP contribution is 2.26. The van der Waals surface area contributed by atoms with Crippen molar-refractivity contribution >= 4 is 61.1 Å². The molecule has 3 N–H and O–H groups in total. The van der Waals surface area contributed by atoms with Gasteiger partial charge in [-0.15, -0.1) is 11.3 Å². The summed E-state index contributed by atoms with van der Waals surface area (Å²) >= 11 is 4.26. The van der Waals surface area contributed by atoms with Crippen LogP contribution in [0.15, 0.2) is 67.7 Å². The van der Waals surface area contributed by atoms with Gasteiger partial charge in [0.25, 0.3) is 15.9 Å². The van der Waals surface area contributed by atoms with Crippen LogP contribution in [0.25, 0.3) is 0 Å². The van der Waals surface area contributed by atoms with Crippen LogP contribution in [0.3, 0.4) is 0 Å². The van der Waals surface area contributed by atoms with Gasteiger partial charge in [0.05, 0.1) is 17.5 Å². The second kappa shape index (κ2) is 10.8. The van der Waals surface area contributed by atoms with Crippen LogP contribution in [0.2, 0.25) is 0 Å². The molecule has 0 aliphatic heterocycles. The number of nitrogens with one attached hydrogen (secondary N) is 2. The first kappa shape index (κ1) is 25.3. The molecule has 178 valence electrons. The monoisotopic (exact) mass is 569 g/mol.